The molecule has 0 aromatic carbocycles. The Balaban J connectivity index is 3.07. The van der Waals surface area contributed by atoms with Gasteiger partial charge in [-0.3, -0.25) is 4.79 Å². The smallest absolute Gasteiger partial charge is 0.303 e. The maximum absolute atomic E-state index is 10.3. The summed E-state index contributed by atoms with van der Waals surface area (Å²) in [6.07, 6.45) is 16.2. The second kappa shape index (κ2) is 17.0. The van der Waals surface area contributed by atoms with Crippen LogP contribution in [0.5, 0.6) is 0 Å². The van der Waals surface area contributed by atoms with Crippen molar-refractivity contribution in [3.63, 3.8) is 0 Å². The van der Waals surface area contributed by atoms with Crippen molar-refractivity contribution in [3.8, 4) is 0 Å². The summed E-state index contributed by atoms with van der Waals surface area (Å²) < 4.78 is 0. The van der Waals surface area contributed by atoms with E-state index in [0.717, 1.165) is 24.3 Å². The van der Waals surface area contributed by atoms with Crippen molar-refractivity contribution in [3.05, 3.63) is 12.2 Å². The van der Waals surface area contributed by atoms with Crippen LogP contribution in [-0.2, 0) is 4.79 Å². The molecule has 0 spiro atoms. The molecule has 0 saturated heterocycles. The number of carboxylic acids is 1. The Kier molecular flexibility index (Phi) is 16.9. The van der Waals surface area contributed by atoms with E-state index in [1.54, 1.807) is 10.8 Å². The summed E-state index contributed by atoms with van der Waals surface area (Å²) in [5, 5.41) is 8.49. The number of hydrogen-bond donors (Lipinski definition) is 1. The number of carbonyl (C=O) groups is 1. The number of allylic oxidation sites excluding steroid dienone is 2. The minimum absolute atomic E-state index is 0.297. The summed E-state index contributed by atoms with van der Waals surface area (Å²) in [7, 11) is 3.65. The minimum Gasteiger partial charge on any atom is -0.481 e. The summed E-state index contributed by atoms with van der Waals surface area (Å²) in [6, 6.07) is 0. The third-order valence-corrected chi connectivity index (χ3v) is 5.48. The first kappa shape index (κ1) is 19.9. The Morgan fingerprint density at radius 3 is 2.30 bits per heavy atom. The molecule has 0 amide bonds. The zero-order valence-electron chi connectivity index (χ0n) is 12.8. The fourth-order valence-electron chi connectivity index (χ4n) is 1.79. The van der Waals surface area contributed by atoms with Crippen LogP contribution in [0.4, 0.5) is 0 Å². The highest BCUT2D eigenvalue weighted by Crippen LogP contribution is 2.23. The predicted octanol–water partition coefficient (Wildman–Crippen LogP) is 5.93. The van der Waals surface area contributed by atoms with Crippen molar-refractivity contribution in [1.82, 2.24) is 0 Å². The molecule has 0 aromatic heterocycles. The molecule has 0 heterocycles. The quantitative estimate of drug-likeness (QED) is 0.231. The van der Waals surface area contributed by atoms with Crippen LogP contribution < -0.4 is 0 Å². The Hall–Kier alpha value is -0.0900. The number of unbranched alkanes of at least 4 members (excludes halogenated alkanes) is 6. The zero-order chi connectivity index (χ0) is 14.9. The average molecular weight is 319 g/mol. The normalized spacial score (nSPS) is 11.2. The topological polar surface area (TPSA) is 37.3 Å². The maximum atomic E-state index is 10.3. The summed E-state index contributed by atoms with van der Waals surface area (Å²) >= 11 is 0. The summed E-state index contributed by atoms with van der Waals surface area (Å²) in [5.74, 6) is 1.39. The molecule has 0 aliphatic heterocycles. The zero-order valence-corrected chi connectivity index (χ0v) is 14.4. The Bertz CT molecular complexity index is 243. The molecule has 20 heavy (non-hydrogen) atoms. The first-order valence-corrected chi connectivity index (χ1v) is 10.4. The highest BCUT2D eigenvalue weighted by molar-refractivity contribution is 8.76. The van der Waals surface area contributed by atoms with Gasteiger partial charge in [0.25, 0.3) is 0 Å². The highest BCUT2D eigenvalue weighted by Gasteiger charge is 1.96. The van der Waals surface area contributed by atoms with Crippen LogP contribution in [0.15, 0.2) is 12.2 Å². The van der Waals surface area contributed by atoms with E-state index in [9.17, 15) is 4.79 Å². The summed E-state index contributed by atoms with van der Waals surface area (Å²) in [4.78, 5) is 10.3. The van der Waals surface area contributed by atoms with E-state index in [-0.39, 0.29) is 0 Å². The molecular weight excluding hydrogens is 288 g/mol. The van der Waals surface area contributed by atoms with Crippen LogP contribution in [0.3, 0.4) is 0 Å². The second-order valence-electron chi connectivity index (χ2n) is 4.96. The van der Waals surface area contributed by atoms with Crippen LogP contribution >= 0.6 is 21.6 Å². The van der Waals surface area contributed by atoms with Gasteiger partial charge in [-0.05, 0) is 25.7 Å². The molecule has 0 aliphatic carbocycles. The third-order valence-electron chi connectivity index (χ3n) is 2.96. The molecule has 0 saturated carbocycles. The third kappa shape index (κ3) is 17.9. The number of carboxylic acid groups (broad SMARTS) is 1. The maximum Gasteiger partial charge on any atom is 0.303 e. The standard InChI is InChI=1S/C16H30O2S2/c1-2-3-4-5-6-7-8-9-10-11-14-19-20-15-12-13-16(17)18/h9-10H,2-8,11-15H2,1H3,(H,17,18)/b10-9-. The number of aliphatic carboxylic acids is 1. The van der Waals surface area contributed by atoms with Gasteiger partial charge in [-0.25, -0.2) is 0 Å². The van der Waals surface area contributed by atoms with Gasteiger partial charge in [0.15, 0.2) is 0 Å². The van der Waals surface area contributed by atoms with Gasteiger partial charge in [-0.1, -0.05) is 72.8 Å². The lowest BCUT2D eigenvalue weighted by molar-refractivity contribution is -0.137. The number of rotatable bonds is 15. The van der Waals surface area contributed by atoms with Crippen LogP contribution in [0.2, 0.25) is 0 Å². The van der Waals surface area contributed by atoms with Crippen LogP contribution in [0.25, 0.3) is 0 Å². The molecule has 0 bridgehead atoms. The van der Waals surface area contributed by atoms with Gasteiger partial charge in [0.05, 0.1) is 0 Å². The van der Waals surface area contributed by atoms with E-state index >= 15 is 0 Å². The molecule has 0 unspecified atom stereocenters. The highest BCUT2D eigenvalue weighted by atomic mass is 33.1. The fraction of sp³-hybridized carbons (Fsp3) is 0.812. The van der Waals surface area contributed by atoms with Crippen molar-refractivity contribution in [1.29, 1.82) is 0 Å². The monoisotopic (exact) mass is 318 g/mol. The van der Waals surface area contributed by atoms with E-state index in [1.165, 1.54) is 44.9 Å². The molecule has 0 aromatic rings. The van der Waals surface area contributed by atoms with Gasteiger partial charge in [0.2, 0.25) is 0 Å². The largest absolute Gasteiger partial charge is 0.481 e. The first-order valence-electron chi connectivity index (χ1n) is 7.88. The molecule has 1 N–H and O–H groups in total. The van der Waals surface area contributed by atoms with Gasteiger partial charge in [-0.15, -0.1) is 0 Å². The molecule has 0 rings (SSSR count). The number of hydrogen-bond acceptors (Lipinski definition) is 3. The van der Waals surface area contributed by atoms with Crippen molar-refractivity contribution in [2.45, 2.75) is 71.1 Å². The molecule has 0 fully saturated rings. The second-order valence-corrected chi connectivity index (χ2v) is 7.66. The van der Waals surface area contributed by atoms with Crippen molar-refractivity contribution < 1.29 is 9.90 Å². The van der Waals surface area contributed by atoms with Gasteiger partial charge < -0.3 is 5.11 Å². The lowest BCUT2D eigenvalue weighted by atomic mass is 10.1. The van der Waals surface area contributed by atoms with E-state index in [0.29, 0.717) is 6.42 Å². The molecule has 0 radical (unpaired) electrons. The minimum atomic E-state index is -0.687. The van der Waals surface area contributed by atoms with Crippen LogP contribution in [0, 0.1) is 0 Å². The first-order chi connectivity index (χ1) is 9.77. The summed E-state index contributed by atoms with van der Waals surface area (Å²) in [5.41, 5.74) is 0. The lowest BCUT2D eigenvalue weighted by Gasteiger charge is -1.99. The van der Waals surface area contributed by atoms with Crippen molar-refractivity contribution in [2.24, 2.45) is 0 Å². The van der Waals surface area contributed by atoms with E-state index < -0.39 is 5.97 Å². The van der Waals surface area contributed by atoms with Crippen LogP contribution in [-0.4, -0.2) is 22.6 Å². The molecule has 0 atom stereocenters. The average Bonchev–Trinajstić information content (AvgIpc) is 2.43. The van der Waals surface area contributed by atoms with Crippen LogP contribution in [0.1, 0.15) is 71.1 Å². The fourth-order valence-corrected chi connectivity index (χ4v) is 3.87. The Labute approximate surface area is 132 Å². The molecule has 4 heteroatoms. The lowest BCUT2D eigenvalue weighted by Crippen LogP contribution is -1.94. The van der Waals surface area contributed by atoms with E-state index in [1.807, 2.05) is 10.8 Å². The molecular formula is C16H30O2S2. The van der Waals surface area contributed by atoms with Gasteiger partial charge >= 0.3 is 5.97 Å². The van der Waals surface area contributed by atoms with Gasteiger partial charge in [0.1, 0.15) is 0 Å². The predicted molar refractivity (Wildman–Crippen MR) is 93.5 cm³/mol. The molecule has 2 nitrogen and oxygen atoms in total. The van der Waals surface area contributed by atoms with Crippen molar-refractivity contribution >= 4 is 27.6 Å². The Morgan fingerprint density at radius 1 is 0.900 bits per heavy atom. The van der Waals surface area contributed by atoms with Crippen molar-refractivity contribution in [2.75, 3.05) is 11.5 Å². The van der Waals surface area contributed by atoms with Gasteiger partial charge in [-0.2, -0.15) is 0 Å². The van der Waals surface area contributed by atoms with E-state index in [2.05, 4.69) is 19.1 Å². The molecule has 118 valence electrons. The van der Waals surface area contributed by atoms with Gasteiger partial charge in [0, 0.05) is 17.9 Å². The van der Waals surface area contributed by atoms with E-state index in [4.69, 9.17) is 5.11 Å². The summed E-state index contributed by atoms with van der Waals surface area (Å²) in [6.45, 7) is 2.26. The molecule has 0 aliphatic rings. The SMILES string of the molecule is CCCCCCCC/C=C\CCSSCCCC(=O)O. The Morgan fingerprint density at radius 2 is 1.55 bits per heavy atom.